The Labute approximate surface area is 99.9 Å². The Morgan fingerprint density at radius 1 is 1.12 bits per heavy atom. The molecule has 0 aromatic heterocycles. The van der Waals surface area contributed by atoms with Crippen molar-refractivity contribution in [2.24, 2.45) is 0 Å². The van der Waals surface area contributed by atoms with Crippen LogP contribution in [-0.4, -0.2) is 49.5 Å². The van der Waals surface area contributed by atoms with E-state index in [0.29, 0.717) is 11.0 Å². The van der Waals surface area contributed by atoms with E-state index in [1.165, 1.54) is 0 Å². The SMILES string of the molecule is CN(Cl)C(=O)C[N+](C)(C)C.F[P-](F)(F)(F)(F)F. The van der Waals surface area contributed by atoms with Crippen LogP contribution in [0.25, 0.3) is 0 Å². The maximum atomic E-state index is 10.9. The van der Waals surface area contributed by atoms with Crippen molar-refractivity contribution in [2.45, 2.75) is 0 Å². The number of amides is 1. The van der Waals surface area contributed by atoms with Crippen LogP contribution >= 0.6 is 19.6 Å². The molecule has 0 radical (unpaired) electrons. The van der Waals surface area contributed by atoms with Gasteiger partial charge >= 0.3 is 33.0 Å². The third kappa shape index (κ3) is 38.9. The van der Waals surface area contributed by atoms with E-state index in [9.17, 15) is 30.0 Å². The van der Waals surface area contributed by atoms with Gasteiger partial charge in [0.1, 0.15) is 0 Å². The van der Waals surface area contributed by atoms with Crippen molar-refractivity contribution in [2.75, 3.05) is 34.7 Å². The quantitative estimate of drug-likeness (QED) is 0.330. The van der Waals surface area contributed by atoms with E-state index in [4.69, 9.17) is 11.8 Å². The molecule has 0 saturated carbocycles. The Hall–Kier alpha value is -0.270. The second-order valence-corrected chi connectivity index (χ2v) is 6.70. The van der Waals surface area contributed by atoms with E-state index in [1.54, 1.807) is 7.05 Å². The summed E-state index contributed by atoms with van der Waals surface area (Å²) >= 11 is 5.41. The molecule has 0 aliphatic heterocycles. The van der Waals surface area contributed by atoms with Crippen LogP contribution in [-0.2, 0) is 4.79 Å². The first-order valence-corrected chi connectivity index (χ1v) is 6.44. The van der Waals surface area contributed by atoms with Crippen molar-refractivity contribution in [3.05, 3.63) is 0 Å². The molecule has 3 nitrogen and oxygen atoms in total. The van der Waals surface area contributed by atoms with E-state index < -0.39 is 7.81 Å². The monoisotopic (exact) mass is 310 g/mol. The van der Waals surface area contributed by atoms with E-state index in [0.717, 1.165) is 4.42 Å². The normalized spacial score (nSPS) is 16.2. The van der Waals surface area contributed by atoms with Gasteiger partial charge in [-0.25, -0.2) is 0 Å². The van der Waals surface area contributed by atoms with Gasteiger partial charge in [-0.3, -0.25) is 9.21 Å². The third-order valence-corrected chi connectivity index (χ3v) is 1.14. The second-order valence-electron chi connectivity index (χ2n) is 4.28. The van der Waals surface area contributed by atoms with Crippen molar-refractivity contribution in [3.8, 4) is 0 Å². The third-order valence-electron chi connectivity index (χ3n) is 0.953. The average Bonchev–Trinajstić information content (AvgIpc) is 1.74. The fourth-order valence-electron chi connectivity index (χ4n) is 0.503. The molecule has 0 aliphatic rings. The Morgan fingerprint density at radius 2 is 1.35 bits per heavy atom. The molecule has 0 N–H and O–H groups in total. The molecule has 0 aromatic carbocycles. The fraction of sp³-hybridized carbons (Fsp3) is 0.833. The van der Waals surface area contributed by atoms with Crippen LogP contribution in [0.1, 0.15) is 0 Å². The summed E-state index contributed by atoms with van der Waals surface area (Å²) in [5.74, 6) is -0.0610. The molecular weight excluding hydrogens is 296 g/mol. The first-order chi connectivity index (χ1) is 6.78. The molecule has 0 aliphatic carbocycles. The van der Waals surface area contributed by atoms with Gasteiger partial charge in [-0.05, 0) is 0 Å². The molecule has 0 unspecified atom stereocenters. The number of hydrogen-bond acceptors (Lipinski definition) is 1. The van der Waals surface area contributed by atoms with Gasteiger partial charge in [-0.2, -0.15) is 0 Å². The first kappa shape index (κ1) is 19.1. The van der Waals surface area contributed by atoms with Crippen molar-refractivity contribution in [1.29, 1.82) is 0 Å². The molecule has 11 heteroatoms. The van der Waals surface area contributed by atoms with Gasteiger partial charge in [-0.1, -0.05) is 0 Å². The van der Waals surface area contributed by atoms with Gasteiger partial charge in [0.05, 0.1) is 21.1 Å². The number of quaternary nitrogens is 1. The summed E-state index contributed by atoms with van der Waals surface area (Å²) in [7, 11) is -3.29. The predicted molar refractivity (Wildman–Crippen MR) is 55.1 cm³/mol. The van der Waals surface area contributed by atoms with E-state index in [2.05, 4.69) is 0 Å². The van der Waals surface area contributed by atoms with Gasteiger partial charge in [0.15, 0.2) is 6.54 Å². The minimum atomic E-state index is -10.7. The zero-order valence-electron chi connectivity index (χ0n) is 9.60. The fourth-order valence-corrected chi connectivity index (χ4v) is 0.557. The molecule has 0 fully saturated rings. The number of halogens is 7. The Morgan fingerprint density at radius 3 is 1.41 bits per heavy atom. The number of rotatable bonds is 2. The Bertz CT molecular complexity index is 270. The molecule has 0 atom stereocenters. The topological polar surface area (TPSA) is 20.3 Å². The van der Waals surface area contributed by atoms with Crippen molar-refractivity contribution in [1.82, 2.24) is 4.42 Å². The van der Waals surface area contributed by atoms with Gasteiger partial charge in [0, 0.05) is 18.8 Å². The minimum absolute atomic E-state index is 0.0610. The number of carbonyl (C=O) groups is 1. The zero-order valence-corrected chi connectivity index (χ0v) is 11.3. The van der Waals surface area contributed by atoms with E-state index in [1.807, 2.05) is 21.1 Å². The van der Waals surface area contributed by atoms with Gasteiger partial charge < -0.3 is 4.48 Å². The Kier molecular flexibility index (Phi) is 4.98. The summed E-state index contributed by atoms with van der Waals surface area (Å²) in [4.78, 5) is 10.9. The summed E-state index contributed by atoms with van der Waals surface area (Å²) in [5.41, 5.74) is 0. The van der Waals surface area contributed by atoms with Crippen LogP contribution in [0.5, 0.6) is 0 Å². The molecule has 0 heterocycles. The molecule has 108 valence electrons. The number of likely N-dealkylation sites (N-methyl/N-ethyl adjacent to an activating group) is 2. The summed E-state index contributed by atoms with van der Waals surface area (Å²) in [6.07, 6.45) is 0. The van der Waals surface area contributed by atoms with Gasteiger partial charge in [-0.15, -0.1) is 0 Å². The first-order valence-electron chi connectivity index (χ1n) is 4.07. The standard InChI is InChI=1S/C6H14ClN2O.F6P/c1-8(7)6(10)5-9(2,3)4;1-7(2,3,4,5)6/h5H2,1-4H3;/q+1;-1. The van der Waals surface area contributed by atoms with Crippen LogP contribution in [0.2, 0.25) is 0 Å². The number of hydrogen-bond donors (Lipinski definition) is 0. The van der Waals surface area contributed by atoms with Gasteiger partial charge in [0.25, 0.3) is 5.91 Å². The summed E-state index contributed by atoms with van der Waals surface area (Å²) in [6, 6.07) is 0. The predicted octanol–water partition coefficient (Wildman–Crippen LogP) is 3.69. The van der Waals surface area contributed by atoms with Crippen molar-refractivity contribution < 1.29 is 34.5 Å². The van der Waals surface area contributed by atoms with Crippen LogP contribution < -0.4 is 0 Å². The van der Waals surface area contributed by atoms with Crippen molar-refractivity contribution in [3.63, 3.8) is 0 Å². The zero-order chi connectivity index (χ0) is 14.8. The van der Waals surface area contributed by atoms with E-state index in [-0.39, 0.29) is 5.91 Å². The van der Waals surface area contributed by atoms with Crippen molar-refractivity contribution >= 4 is 25.5 Å². The maximum absolute atomic E-state index is 10.9. The molecule has 0 bridgehead atoms. The molecule has 17 heavy (non-hydrogen) atoms. The summed E-state index contributed by atoms with van der Waals surface area (Å²) in [5, 5.41) is 0. The number of nitrogens with zero attached hydrogens (tertiary/aromatic N) is 2. The average molecular weight is 311 g/mol. The molecule has 1 amide bonds. The summed E-state index contributed by atoms with van der Waals surface area (Å²) in [6.45, 7) is 0.431. The van der Waals surface area contributed by atoms with Gasteiger partial charge in [0.2, 0.25) is 0 Å². The molecule has 0 aromatic rings. The second kappa shape index (κ2) is 4.44. The molecule has 0 rings (SSSR count). The van der Waals surface area contributed by atoms with Crippen LogP contribution in [0, 0.1) is 0 Å². The number of carbonyl (C=O) groups excluding carboxylic acids is 1. The molecule has 0 saturated heterocycles. The van der Waals surface area contributed by atoms with Crippen LogP contribution in [0.3, 0.4) is 0 Å². The van der Waals surface area contributed by atoms with Crippen LogP contribution in [0.15, 0.2) is 0 Å². The van der Waals surface area contributed by atoms with E-state index >= 15 is 0 Å². The molecule has 0 spiro atoms. The summed E-state index contributed by atoms with van der Waals surface area (Å²) < 4.78 is 60.9. The van der Waals surface area contributed by atoms with Crippen LogP contribution in [0.4, 0.5) is 25.2 Å². The Balaban J connectivity index is 0. The molecular formula is C6H14ClF6N2OP.